The van der Waals surface area contributed by atoms with Crippen molar-refractivity contribution in [1.82, 2.24) is 9.55 Å². The summed E-state index contributed by atoms with van der Waals surface area (Å²) < 4.78 is 2.09. The summed E-state index contributed by atoms with van der Waals surface area (Å²) in [5.41, 5.74) is 1.07. The van der Waals surface area contributed by atoms with Crippen LogP contribution < -0.4 is 0 Å². The molecular formula is C16H21Cl2N3O3. The molecule has 0 amide bonds. The Hall–Kier alpha value is -1.79. The summed E-state index contributed by atoms with van der Waals surface area (Å²) in [6.07, 6.45) is 10.4. The zero-order valence-electron chi connectivity index (χ0n) is 13.4. The van der Waals surface area contributed by atoms with Gasteiger partial charge in [-0.05, 0) is 24.1 Å². The van der Waals surface area contributed by atoms with Crippen LogP contribution in [0.3, 0.4) is 0 Å². The lowest BCUT2D eigenvalue weighted by molar-refractivity contribution is -0.742. The van der Waals surface area contributed by atoms with Crippen molar-refractivity contribution < 1.29 is 10.3 Å². The average Bonchev–Trinajstić information content (AvgIpc) is 2.99. The third-order valence-corrected chi connectivity index (χ3v) is 4.21. The smallest absolute Gasteiger partial charge is 0.291 e. The first-order valence-electron chi connectivity index (χ1n) is 7.68. The van der Waals surface area contributed by atoms with Gasteiger partial charge in [-0.15, -0.1) is 10.1 Å². The van der Waals surface area contributed by atoms with Gasteiger partial charge in [-0.1, -0.05) is 55.5 Å². The summed E-state index contributed by atoms with van der Waals surface area (Å²) >= 11 is 12.7. The molecule has 0 bridgehead atoms. The summed E-state index contributed by atoms with van der Waals surface area (Å²) in [5.74, 6) is 0.331. The minimum Gasteiger partial charge on any atom is -0.337 e. The zero-order chi connectivity index (χ0) is 17.9. The highest BCUT2D eigenvalue weighted by molar-refractivity contribution is 6.36. The lowest BCUT2D eigenvalue weighted by atomic mass is 9.93. The highest BCUT2D eigenvalue weighted by Crippen LogP contribution is 2.35. The number of halogens is 2. The van der Waals surface area contributed by atoms with Gasteiger partial charge in [0.2, 0.25) is 0 Å². The number of hydrogen-bond acceptors (Lipinski definition) is 3. The van der Waals surface area contributed by atoms with Crippen LogP contribution in [0.15, 0.2) is 36.9 Å². The summed E-state index contributed by atoms with van der Waals surface area (Å²) in [6.45, 7) is 3.08. The predicted octanol–water partition coefficient (Wildman–Crippen LogP) is 5.21. The third kappa shape index (κ3) is 7.19. The van der Waals surface area contributed by atoms with Crippen molar-refractivity contribution >= 4 is 23.2 Å². The van der Waals surface area contributed by atoms with Crippen molar-refractivity contribution in [1.29, 1.82) is 0 Å². The Morgan fingerprint density at radius 1 is 1.33 bits per heavy atom. The Morgan fingerprint density at radius 3 is 2.46 bits per heavy atom. The lowest BCUT2D eigenvalue weighted by Crippen LogP contribution is -2.09. The zero-order valence-corrected chi connectivity index (χ0v) is 15.0. The molecule has 1 N–H and O–H groups in total. The molecule has 0 saturated heterocycles. The van der Waals surface area contributed by atoms with E-state index in [-0.39, 0.29) is 0 Å². The van der Waals surface area contributed by atoms with E-state index in [1.807, 2.05) is 30.7 Å². The Kier molecular flexibility index (Phi) is 9.19. The van der Waals surface area contributed by atoms with Gasteiger partial charge in [0.15, 0.2) is 0 Å². The van der Waals surface area contributed by atoms with Crippen LogP contribution in [0.2, 0.25) is 10.0 Å². The molecule has 1 unspecified atom stereocenters. The molecular weight excluding hydrogens is 353 g/mol. The van der Waals surface area contributed by atoms with Gasteiger partial charge in [0.25, 0.3) is 5.09 Å². The van der Waals surface area contributed by atoms with Crippen molar-refractivity contribution in [3.8, 4) is 0 Å². The molecule has 0 spiro atoms. The van der Waals surface area contributed by atoms with Crippen LogP contribution in [-0.4, -0.2) is 19.8 Å². The molecule has 2 aromatic rings. The van der Waals surface area contributed by atoms with Gasteiger partial charge in [-0.3, -0.25) is 0 Å². The standard InChI is InChI=1S/C16H20Cl2N2.HNO3/c1-2-3-4-6-13(11-20-10-9-19-12-20)16-14(17)7-5-8-15(16)18;2-1(3)4/h5,7-10,12-13H,2-4,6,11H2,1H3;(H,2,3,4). The SMILES string of the molecule is CCCCCC(Cn1ccnc1)c1c(Cl)cccc1Cl.O=[N+]([O-])O. The third-order valence-electron chi connectivity index (χ3n) is 3.55. The fourth-order valence-electron chi connectivity index (χ4n) is 2.52. The molecule has 6 nitrogen and oxygen atoms in total. The second kappa shape index (κ2) is 10.9. The number of hydrogen-bond donors (Lipinski definition) is 1. The van der Waals surface area contributed by atoms with Crippen LogP contribution in [0.4, 0.5) is 0 Å². The van der Waals surface area contributed by atoms with E-state index in [2.05, 4.69) is 16.5 Å². The lowest BCUT2D eigenvalue weighted by Gasteiger charge is -2.20. The maximum Gasteiger partial charge on any atom is 0.291 e. The predicted molar refractivity (Wildman–Crippen MR) is 94.4 cm³/mol. The highest BCUT2D eigenvalue weighted by atomic mass is 35.5. The van der Waals surface area contributed by atoms with Gasteiger partial charge in [0, 0.05) is 34.9 Å². The normalized spacial score (nSPS) is 11.5. The average molecular weight is 374 g/mol. The van der Waals surface area contributed by atoms with Crippen molar-refractivity contribution in [3.63, 3.8) is 0 Å². The molecule has 24 heavy (non-hydrogen) atoms. The van der Waals surface area contributed by atoms with Gasteiger partial charge in [0.1, 0.15) is 0 Å². The maximum atomic E-state index is 8.36. The van der Waals surface area contributed by atoms with E-state index < -0.39 is 5.09 Å². The molecule has 0 fully saturated rings. The molecule has 0 aliphatic rings. The molecule has 1 atom stereocenters. The van der Waals surface area contributed by atoms with Crippen LogP contribution >= 0.6 is 23.2 Å². The van der Waals surface area contributed by atoms with Gasteiger partial charge in [-0.25, -0.2) is 4.98 Å². The van der Waals surface area contributed by atoms with Gasteiger partial charge < -0.3 is 9.77 Å². The molecule has 2 rings (SSSR count). The molecule has 0 aliphatic heterocycles. The number of aromatic nitrogens is 2. The number of rotatable bonds is 7. The van der Waals surface area contributed by atoms with Gasteiger partial charge in [-0.2, -0.15) is 0 Å². The van der Waals surface area contributed by atoms with Crippen LogP contribution in [0.5, 0.6) is 0 Å². The van der Waals surface area contributed by atoms with Gasteiger partial charge in [0.05, 0.1) is 6.33 Å². The Balaban J connectivity index is 0.000000648. The number of unbranched alkanes of at least 4 members (excludes halogenated alkanes) is 2. The Bertz CT molecular complexity index is 597. The van der Waals surface area contributed by atoms with E-state index in [1.54, 1.807) is 6.20 Å². The summed E-state index contributed by atoms with van der Waals surface area (Å²) in [5, 5.41) is 15.2. The van der Waals surface area contributed by atoms with Crippen LogP contribution in [0.1, 0.15) is 44.1 Å². The van der Waals surface area contributed by atoms with Gasteiger partial charge >= 0.3 is 0 Å². The highest BCUT2D eigenvalue weighted by Gasteiger charge is 2.18. The molecule has 1 heterocycles. The first kappa shape index (κ1) is 20.3. The van der Waals surface area contributed by atoms with E-state index >= 15 is 0 Å². The molecule has 0 saturated carbocycles. The van der Waals surface area contributed by atoms with E-state index in [0.717, 1.165) is 28.6 Å². The molecule has 1 aromatic carbocycles. The van der Waals surface area contributed by atoms with Crippen LogP contribution in [0.25, 0.3) is 0 Å². The minimum absolute atomic E-state index is 0.331. The number of imidazole rings is 1. The maximum absolute atomic E-state index is 8.36. The first-order valence-corrected chi connectivity index (χ1v) is 8.44. The number of benzene rings is 1. The van der Waals surface area contributed by atoms with Crippen LogP contribution in [-0.2, 0) is 6.54 Å². The van der Waals surface area contributed by atoms with E-state index in [4.69, 9.17) is 38.5 Å². The fraction of sp³-hybridized carbons (Fsp3) is 0.438. The number of nitrogens with zero attached hydrogens (tertiary/aromatic N) is 3. The molecule has 0 radical (unpaired) electrons. The van der Waals surface area contributed by atoms with Crippen molar-refractivity contribution in [3.05, 3.63) is 62.6 Å². The van der Waals surface area contributed by atoms with Crippen molar-refractivity contribution in [2.24, 2.45) is 0 Å². The monoisotopic (exact) mass is 373 g/mol. The molecule has 8 heteroatoms. The molecule has 0 aliphatic carbocycles. The van der Waals surface area contributed by atoms with Crippen molar-refractivity contribution in [2.45, 2.75) is 45.1 Å². The van der Waals surface area contributed by atoms with E-state index in [1.165, 1.54) is 19.3 Å². The first-order chi connectivity index (χ1) is 11.5. The van der Waals surface area contributed by atoms with Crippen LogP contribution in [0, 0.1) is 10.1 Å². The minimum atomic E-state index is -1.50. The Labute approximate surface area is 151 Å². The molecule has 1 aromatic heterocycles. The topological polar surface area (TPSA) is 81.2 Å². The largest absolute Gasteiger partial charge is 0.337 e. The van der Waals surface area contributed by atoms with E-state index in [9.17, 15) is 0 Å². The molecule has 132 valence electrons. The Morgan fingerprint density at radius 2 is 1.96 bits per heavy atom. The summed E-state index contributed by atoms with van der Waals surface area (Å²) in [4.78, 5) is 12.5. The summed E-state index contributed by atoms with van der Waals surface area (Å²) in [7, 11) is 0. The summed E-state index contributed by atoms with van der Waals surface area (Å²) in [6, 6.07) is 5.74. The van der Waals surface area contributed by atoms with E-state index in [0.29, 0.717) is 5.92 Å². The fourth-order valence-corrected chi connectivity index (χ4v) is 3.22. The van der Waals surface area contributed by atoms with Crippen molar-refractivity contribution in [2.75, 3.05) is 0 Å². The second-order valence-electron chi connectivity index (χ2n) is 5.33. The second-order valence-corrected chi connectivity index (χ2v) is 6.14. The quantitative estimate of drug-likeness (QED) is 0.410.